The molecule has 0 saturated carbocycles. The number of rotatable bonds is 2. The molecule has 1 fully saturated rings. The van der Waals surface area contributed by atoms with E-state index in [2.05, 4.69) is 21.2 Å². The fourth-order valence-corrected chi connectivity index (χ4v) is 2.76. The maximum atomic E-state index is 13.2. The zero-order chi connectivity index (χ0) is 15.1. The van der Waals surface area contributed by atoms with Crippen LogP contribution < -0.4 is 10.2 Å². The second kappa shape index (κ2) is 5.16. The predicted octanol–water partition coefficient (Wildman–Crippen LogP) is 2.61. The lowest BCUT2D eigenvalue weighted by Gasteiger charge is -2.43. The van der Waals surface area contributed by atoms with E-state index in [4.69, 9.17) is 0 Å². The lowest BCUT2D eigenvalue weighted by Crippen LogP contribution is -2.68. The Morgan fingerprint density at radius 3 is 2.65 bits per heavy atom. The van der Waals surface area contributed by atoms with E-state index in [1.165, 1.54) is 23.1 Å². The fourth-order valence-electron chi connectivity index (χ4n) is 2.22. The molecule has 1 heterocycles. The van der Waals surface area contributed by atoms with Crippen molar-refractivity contribution in [3.63, 3.8) is 0 Å². The standard InChI is InChI=1S/C14H16BrFN2O2/c1-4-14(3)13(20)18(8(2)12(19)17-14)11-6-5-9(16)7-10(11)15/h5-8H,4H2,1-3H3,(H,17,19). The van der Waals surface area contributed by atoms with Gasteiger partial charge in [-0.3, -0.25) is 14.5 Å². The van der Waals surface area contributed by atoms with Gasteiger partial charge in [-0.15, -0.1) is 0 Å². The smallest absolute Gasteiger partial charge is 0.253 e. The number of hydrogen-bond acceptors (Lipinski definition) is 2. The van der Waals surface area contributed by atoms with E-state index in [1.807, 2.05) is 6.92 Å². The number of hydrogen-bond donors (Lipinski definition) is 1. The van der Waals surface area contributed by atoms with Gasteiger partial charge in [0, 0.05) is 4.47 Å². The molecule has 4 nitrogen and oxygen atoms in total. The molecular formula is C14H16BrFN2O2. The molecule has 108 valence electrons. The average Bonchev–Trinajstić information content (AvgIpc) is 2.39. The van der Waals surface area contributed by atoms with Crippen LogP contribution >= 0.6 is 15.9 Å². The molecule has 1 N–H and O–H groups in total. The summed E-state index contributed by atoms with van der Waals surface area (Å²) in [5.41, 5.74) is -0.435. The van der Waals surface area contributed by atoms with Crippen LogP contribution in [0.2, 0.25) is 0 Å². The zero-order valence-electron chi connectivity index (χ0n) is 11.5. The van der Waals surface area contributed by atoms with Crippen LogP contribution in [-0.4, -0.2) is 23.4 Å². The lowest BCUT2D eigenvalue weighted by atomic mass is 9.92. The number of piperazine rings is 1. The Balaban J connectivity index is 2.51. The van der Waals surface area contributed by atoms with Crippen molar-refractivity contribution in [2.75, 3.05) is 4.90 Å². The molecule has 0 aliphatic carbocycles. The molecule has 1 saturated heterocycles. The summed E-state index contributed by atoms with van der Waals surface area (Å²) in [4.78, 5) is 26.2. The molecule has 0 spiro atoms. The first kappa shape index (κ1) is 15.0. The van der Waals surface area contributed by atoms with Crippen molar-refractivity contribution in [1.82, 2.24) is 5.32 Å². The van der Waals surface area contributed by atoms with Crippen LogP contribution in [0.3, 0.4) is 0 Å². The highest BCUT2D eigenvalue weighted by molar-refractivity contribution is 9.10. The molecule has 1 aliphatic heterocycles. The molecule has 0 bridgehead atoms. The maximum absolute atomic E-state index is 13.2. The van der Waals surface area contributed by atoms with Gasteiger partial charge in [0.2, 0.25) is 5.91 Å². The normalized spacial score (nSPS) is 26.6. The molecule has 1 aromatic carbocycles. The van der Waals surface area contributed by atoms with Gasteiger partial charge in [0.1, 0.15) is 17.4 Å². The van der Waals surface area contributed by atoms with Gasteiger partial charge in [0.25, 0.3) is 5.91 Å². The van der Waals surface area contributed by atoms with E-state index in [0.717, 1.165) is 0 Å². The third kappa shape index (κ3) is 2.32. The van der Waals surface area contributed by atoms with Gasteiger partial charge in [-0.25, -0.2) is 4.39 Å². The predicted molar refractivity (Wildman–Crippen MR) is 77.9 cm³/mol. The van der Waals surface area contributed by atoms with Gasteiger partial charge >= 0.3 is 0 Å². The molecule has 1 aliphatic rings. The third-order valence-electron chi connectivity index (χ3n) is 3.73. The molecule has 2 unspecified atom stereocenters. The minimum Gasteiger partial charge on any atom is -0.340 e. The number of carbonyl (C=O) groups is 2. The number of amides is 2. The number of nitrogens with zero attached hydrogens (tertiary/aromatic N) is 1. The summed E-state index contributed by atoms with van der Waals surface area (Å²) in [5.74, 6) is -0.815. The van der Waals surface area contributed by atoms with Crippen LogP contribution in [-0.2, 0) is 9.59 Å². The highest BCUT2D eigenvalue weighted by Crippen LogP contribution is 2.33. The Kier molecular flexibility index (Phi) is 3.86. The third-order valence-corrected chi connectivity index (χ3v) is 4.37. The number of nitrogens with one attached hydrogen (secondary N) is 1. The SMILES string of the molecule is CCC1(C)NC(=O)C(C)N(c2ccc(F)cc2Br)C1=O. The summed E-state index contributed by atoms with van der Waals surface area (Å²) in [6.45, 7) is 5.19. The van der Waals surface area contributed by atoms with Gasteiger partial charge in [-0.1, -0.05) is 6.92 Å². The second-order valence-electron chi connectivity index (χ2n) is 5.12. The Morgan fingerprint density at radius 2 is 2.10 bits per heavy atom. The number of halogens is 2. The van der Waals surface area contributed by atoms with Crippen molar-refractivity contribution in [3.05, 3.63) is 28.5 Å². The van der Waals surface area contributed by atoms with Crippen LogP contribution in [0.15, 0.2) is 22.7 Å². The van der Waals surface area contributed by atoms with Crippen LogP contribution in [0.5, 0.6) is 0 Å². The molecule has 0 aromatic heterocycles. The Hall–Kier alpha value is -1.43. The topological polar surface area (TPSA) is 49.4 Å². The molecule has 0 radical (unpaired) electrons. The first-order valence-electron chi connectivity index (χ1n) is 6.41. The number of carbonyl (C=O) groups excluding carboxylic acids is 2. The van der Waals surface area contributed by atoms with Gasteiger partial charge in [0.15, 0.2) is 0 Å². The molecular weight excluding hydrogens is 327 g/mol. The van der Waals surface area contributed by atoms with Crippen LogP contribution in [0.4, 0.5) is 10.1 Å². The summed E-state index contributed by atoms with van der Waals surface area (Å²) in [6, 6.07) is 3.42. The Bertz CT molecular complexity index is 578. The quantitative estimate of drug-likeness (QED) is 0.898. The summed E-state index contributed by atoms with van der Waals surface area (Å²) in [7, 11) is 0. The van der Waals surface area contributed by atoms with E-state index in [-0.39, 0.29) is 11.8 Å². The second-order valence-corrected chi connectivity index (χ2v) is 5.98. The minimum atomic E-state index is -0.933. The summed E-state index contributed by atoms with van der Waals surface area (Å²) >= 11 is 3.25. The zero-order valence-corrected chi connectivity index (χ0v) is 13.1. The van der Waals surface area contributed by atoms with Crippen LogP contribution in [0.25, 0.3) is 0 Å². The largest absolute Gasteiger partial charge is 0.340 e. The van der Waals surface area contributed by atoms with Crippen molar-refractivity contribution < 1.29 is 14.0 Å². The number of benzene rings is 1. The van der Waals surface area contributed by atoms with Crippen molar-refractivity contribution in [1.29, 1.82) is 0 Å². The maximum Gasteiger partial charge on any atom is 0.253 e. The fraction of sp³-hybridized carbons (Fsp3) is 0.429. The molecule has 2 amide bonds. The summed E-state index contributed by atoms with van der Waals surface area (Å²) in [6.07, 6.45) is 0.486. The first-order valence-corrected chi connectivity index (χ1v) is 7.20. The van der Waals surface area contributed by atoms with E-state index in [9.17, 15) is 14.0 Å². The summed E-state index contributed by atoms with van der Waals surface area (Å²) < 4.78 is 13.6. The van der Waals surface area contributed by atoms with E-state index < -0.39 is 17.4 Å². The molecule has 20 heavy (non-hydrogen) atoms. The van der Waals surface area contributed by atoms with Crippen molar-refractivity contribution in [2.45, 2.75) is 38.8 Å². The van der Waals surface area contributed by atoms with Gasteiger partial charge < -0.3 is 5.32 Å². The van der Waals surface area contributed by atoms with Crippen molar-refractivity contribution >= 4 is 33.4 Å². The van der Waals surface area contributed by atoms with Gasteiger partial charge in [-0.05, 0) is 54.4 Å². The van der Waals surface area contributed by atoms with Crippen LogP contribution in [0, 0.1) is 5.82 Å². The van der Waals surface area contributed by atoms with E-state index in [0.29, 0.717) is 16.6 Å². The molecule has 2 atom stereocenters. The summed E-state index contributed by atoms with van der Waals surface area (Å²) in [5, 5.41) is 2.75. The van der Waals surface area contributed by atoms with Gasteiger partial charge in [-0.2, -0.15) is 0 Å². The first-order chi connectivity index (χ1) is 9.30. The average molecular weight is 343 g/mol. The van der Waals surface area contributed by atoms with Crippen molar-refractivity contribution in [3.8, 4) is 0 Å². The number of anilines is 1. The van der Waals surface area contributed by atoms with Crippen LogP contribution in [0.1, 0.15) is 27.2 Å². The monoisotopic (exact) mass is 342 g/mol. The van der Waals surface area contributed by atoms with Crippen molar-refractivity contribution in [2.24, 2.45) is 0 Å². The minimum absolute atomic E-state index is 0.195. The highest BCUT2D eigenvalue weighted by Gasteiger charge is 2.46. The highest BCUT2D eigenvalue weighted by atomic mass is 79.9. The Morgan fingerprint density at radius 1 is 1.45 bits per heavy atom. The molecule has 2 rings (SSSR count). The molecule has 1 aromatic rings. The van der Waals surface area contributed by atoms with E-state index >= 15 is 0 Å². The van der Waals surface area contributed by atoms with E-state index in [1.54, 1.807) is 13.8 Å². The lowest BCUT2D eigenvalue weighted by molar-refractivity contribution is -0.137. The molecule has 6 heteroatoms. The Labute approximate surface area is 125 Å². The van der Waals surface area contributed by atoms with Gasteiger partial charge in [0.05, 0.1) is 5.69 Å².